The molecule has 89 heavy (non-hydrogen) atoms. The molecular formula is C80H57B3N6. The molecule has 0 bridgehead atoms. The molecule has 416 valence electrons. The van der Waals surface area contributed by atoms with Gasteiger partial charge < -0.3 is 29.4 Å². The zero-order chi connectivity index (χ0) is 59.0. The van der Waals surface area contributed by atoms with E-state index < -0.39 is 0 Å². The monoisotopic (exact) mass is 1130 g/mol. The van der Waals surface area contributed by atoms with Gasteiger partial charge in [0.25, 0.3) is 20.1 Å². The second kappa shape index (κ2) is 17.5. The largest absolute Gasteiger partial charge is 0.345 e. The smallest absolute Gasteiger partial charge is 0.253 e. The first-order valence-electron chi connectivity index (χ1n) is 31.4. The Balaban J connectivity index is 0.819. The predicted molar refractivity (Wildman–Crippen MR) is 386 cm³/mol. The van der Waals surface area contributed by atoms with Gasteiger partial charge in [0.15, 0.2) is 0 Å². The number of rotatable bonds is 2. The number of para-hydroxylation sites is 1. The van der Waals surface area contributed by atoms with Crippen LogP contribution in [0, 0.1) is 0 Å². The van der Waals surface area contributed by atoms with Crippen molar-refractivity contribution in [1.29, 1.82) is 0 Å². The van der Waals surface area contributed by atoms with Crippen molar-refractivity contribution in [2.24, 2.45) is 0 Å². The summed E-state index contributed by atoms with van der Waals surface area (Å²) in [6.07, 6.45) is 0. The van der Waals surface area contributed by atoms with Crippen LogP contribution >= 0.6 is 0 Å². The van der Waals surface area contributed by atoms with E-state index in [9.17, 15) is 0 Å². The molecule has 20 rings (SSSR count). The summed E-state index contributed by atoms with van der Waals surface area (Å²) in [4.78, 5) is 14.9. The summed E-state index contributed by atoms with van der Waals surface area (Å²) in [5.74, 6) is 0. The van der Waals surface area contributed by atoms with Crippen LogP contribution in [0.1, 0.15) is 0 Å². The second-order valence-corrected chi connectivity index (χ2v) is 25.8. The summed E-state index contributed by atoms with van der Waals surface area (Å²) in [6.45, 7) is 0.0176. The molecule has 0 saturated carbocycles. The lowest BCUT2D eigenvalue weighted by Crippen LogP contribution is -2.62. The molecule has 0 aliphatic carbocycles. The molecule has 6 heterocycles. The van der Waals surface area contributed by atoms with Crippen molar-refractivity contribution in [2.75, 3.05) is 71.7 Å². The van der Waals surface area contributed by atoms with Crippen LogP contribution in [0.4, 0.5) is 68.2 Å². The predicted octanol–water partition coefficient (Wildman–Crippen LogP) is 12.8. The number of fused-ring (bicyclic) bond motifs is 21. The van der Waals surface area contributed by atoms with Crippen molar-refractivity contribution in [1.82, 2.24) is 0 Å². The van der Waals surface area contributed by atoms with Crippen LogP contribution in [0.15, 0.2) is 237 Å². The number of hydrogen-bond acceptors (Lipinski definition) is 6. The van der Waals surface area contributed by atoms with E-state index in [1.54, 1.807) is 0 Å². The normalized spacial score (nSPS) is 14.4. The first kappa shape index (κ1) is 49.5. The van der Waals surface area contributed by atoms with Gasteiger partial charge in [0.1, 0.15) is 0 Å². The third-order valence-corrected chi connectivity index (χ3v) is 21.8. The molecule has 6 aliphatic heterocycles. The van der Waals surface area contributed by atoms with E-state index in [1.807, 2.05) is 0 Å². The minimum atomic E-state index is -0.0773. The summed E-state index contributed by atoms with van der Waals surface area (Å²) in [5.41, 5.74) is 32.2. The van der Waals surface area contributed by atoms with Crippen LogP contribution in [0.5, 0.6) is 0 Å². The third kappa shape index (κ3) is 6.34. The average molecular weight is 1130 g/mol. The Kier molecular flexibility index (Phi) is 9.76. The highest BCUT2D eigenvalue weighted by molar-refractivity contribution is 7.03. The average Bonchev–Trinajstić information content (AvgIpc) is 0.716. The van der Waals surface area contributed by atoms with Crippen LogP contribution in [0.3, 0.4) is 0 Å². The molecule has 0 unspecified atom stereocenters. The Hall–Kier alpha value is -10.6. The Morgan fingerprint density at radius 3 is 1.38 bits per heavy atom. The van der Waals surface area contributed by atoms with Crippen molar-refractivity contribution >= 4 is 191 Å². The molecule has 9 heteroatoms. The molecule has 0 radical (unpaired) electrons. The van der Waals surface area contributed by atoms with E-state index in [2.05, 4.69) is 308 Å². The Morgan fingerprint density at radius 2 is 0.685 bits per heavy atom. The van der Waals surface area contributed by atoms with E-state index in [0.29, 0.717) is 0 Å². The van der Waals surface area contributed by atoms with Gasteiger partial charge in [0.2, 0.25) is 0 Å². The number of anilines is 12. The quantitative estimate of drug-likeness (QED) is 0.160. The maximum atomic E-state index is 2.59. The molecule has 0 fully saturated rings. The third-order valence-electron chi connectivity index (χ3n) is 21.8. The number of nitrogens with zero attached hydrogens (tertiary/aromatic N) is 6. The fourth-order valence-electron chi connectivity index (χ4n) is 17.8. The van der Waals surface area contributed by atoms with Gasteiger partial charge in [-0.2, -0.15) is 0 Å². The van der Waals surface area contributed by atoms with Crippen molar-refractivity contribution in [3.05, 3.63) is 237 Å². The van der Waals surface area contributed by atoms with E-state index in [-0.39, 0.29) is 20.1 Å². The minimum Gasteiger partial charge on any atom is -0.345 e. The van der Waals surface area contributed by atoms with E-state index in [1.165, 1.54) is 194 Å². The highest BCUT2D eigenvalue weighted by Crippen LogP contribution is 2.49. The second-order valence-electron chi connectivity index (χ2n) is 25.8. The van der Waals surface area contributed by atoms with Crippen LogP contribution in [0.25, 0.3) is 76.1 Å². The lowest BCUT2D eigenvalue weighted by molar-refractivity contribution is 1.18. The van der Waals surface area contributed by atoms with Crippen LogP contribution in [0.2, 0.25) is 0 Å². The summed E-state index contributed by atoms with van der Waals surface area (Å²) in [5, 5.41) is 12.7. The van der Waals surface area contributed by atoms with Gasteiger partial charge in [-0.15, -0.1) is 0 Å². The molecule has 0 spiro atoms. The maximum absolute atomic E-state index is 2.59. The molecule has 0 N–H and O–H groups in total. The van der Waals surface area contributed by atoms with Crippen molar-refractivity contribution in [3.63, 3.8) is 0 Å². The molecule has 0 aromatic heterocycles. The van der Waals surface area contributed by atoms with Crippen molar-refractivity contribution in [2.45, 2.75) is 0 Å². The standard InChI is InChI=1S/C80H57B3N6/c1-84-63-27-16-15-26-60(63)81-62-45-59(55-24-13-14-25-56(55)79(62)88(5)65-29-17-28-64(84)76(65)81)57-35-39-69-78-80(57)89(6)68-38-34-48-30-31-51(40-58(48)75(68)82(78)61-41-49-20-7-8-21-50(49)42-70(61)85(69)2)52-43-71-77-72(44-52)87(4)67-37-33-47-19-10-12-23-54(47)74(67)83(77)73-53-22-11-9-18-46(53)32-36-66(73)86(71)3/h7-45H,1-6H3. The van der Waals surface area contributed by atoms with Gasteiger partial charge >= 0.3 is 0 Å². The molecule has 0 atom stereocenters. The van der Waals surface area contributed by atoms with Gasteiger partial charge in [-0.1, -0.05) is 170 Å². The van der Waals surface area contributed by atoms with Crippen LogP contribution in [-0.4, -0.2) is 62.4 Å². The Labute approximate surface area is 518 Å². The first-order chi connectivity index (χ1) is 43.7. The lowest BCUT2D eigenvalue weighted by Gasteiger charge is -2.44. The zero-order valence-electron chi connectivity index (χ0n) is 50.4. The van der Waals surface area contributed by atoms with Gasteiger partial charge in [-0.05, 0) is 181 Å². The highest BCUT2D eigenvalue weighted by Gasteiger charge is 2.47. The highest BCUT2D eigenvalue weighted by atomic mass is 15.2. The molecule has 14 aromatic carbocycles. The Morgan fingerprint density at radius 1 is 0.213 bits per heavy atom. The van der Waals surface area contributed by atoms with Gasteiger partial charge in [-0.25, -0.2) is 0 Å². The van der Waals surface area contributed by atoms with E-state index in [4.69, 9.17) is 0 Å². The molecule has 0 amide bonds. The topological polar surface area (TPSA) is 19.4 Å². The lowest BCUT2D eigenvalue weighted by atomic mass is 9.32. The fraction of sp³-hybridized carbons (Fsp3) is 0.0750. The molecule has 6 nitrogen and oxygen atoms in total. The summed E-state index contributed by atoms with van der Waals surface area (Å²) < 4.78 is 0. The summed E-state index contributed by atoms with van der Waals surface area (Å²) in [7, 11) is 13.7. The van der Waals surface area contributed by atoms with Crippen molar-refractivity contribution < 1.29 is 0 Å². The fourth-order valence-corrected chi connectivity index (χ4v) is 17.8. The maximum Gasteiger partial charge on any atom is 0.253 e. The molecule has 6 aliphatic rings. The molecule has 0 saturated heterocycles. The van der Waals surface area contributed by atoms with Crippen LogP contribution < -0.4 is 78.6 Å². The van der Waals surface area contributed by atoms with Crippen molar-refractivity contribution in [3.8, 4) is 22.3 Å². The van der Waals surface area contributed by atoms with Gasteiger partial charge in [0, 0.05) is 121 Å². The van der Waals surface area contributed by atoms with Gasteiger partial charge in [-0.3, -0.25) is 0 Å². The summed E-state index contributed by atoms with van der Waals surface area (Å²) in [6, 6.07) is 90.9. The SMILES string of the molecule is CN1c2ccccc2B2c3cc(-c4ccc5c6c4N(C)c4ccc7ccc(-c8cc9c%10c(c8)N(C)c8ccc%11ccccc%11c8B%10c8c(ccc%10ccccc8%10)N9C)cc7c4B6c4cc6ccccc6cc4N5C)c4ccccc4c3N(C)c3cccc1c32. The molecule has 14 aromatic rings. The van der Waals surface area contributed by atoms with Gasteiger partial charge in [0.05, 0.1) is 0 Å². The Bertz CT molecular complexity index is 5470. The molecular weight excluding hydrogens is 1080 g/mol. The summed E-state index contributed by atoms with van der Waals surface area (Å²) >= 11 is 0. The number of benzene rings is 14. The number of hydrogen-bond donors (Lipinski definition) is 0. The van der Waals surface area contributed by atoms with Crippen LogP contribution in [-0.2, 0) is 0 Å². The van der Waals surface area contributed by atoms with E-state index in [0.717, 1.165) is 0 Å². The van der Waals surface area contributed by atoms with E-state index >= 15 is 0 Å². The minimum absolute atomic E-state index is 0.0405. The first-order valence-corrected chi connectivity index (χ1v) is 31.4. The zero-order valence-corrected chi connectivity index (χ0v) is 50.4.